The average Bonchev–Trinajstić information content (AvgIpc) is 2.54. The fourth-order valence-corrected chi connectivity index (χ4v) is 3.23. The summed E-state index contributed by atoms with van der Waals surface area (Å²) in [5.41, 5.74) is 0.416. The highest BCUT2D eigenvalue weighted by Crippen LogP contribution is 2.29. The van der Waals surface area contributed by atoms with Crippen LogP contribution in [0.4, 0.5) is 5.82 Å². The van der Waals surface area contributed by atoms with Crippen molar-refractivity contribution < 1.29 is 9.53 Å². The molecular formula is C15H22N4O2. The summed E-state index contributed by atoms with van der Waals surface area (Å²) in [6.45, 7) is 4.01. The first-order valence-electron chi connectivity index (χ1n) is 7.78. The molecule has 6 nitrogen and oxygen atoms in total. The van der Waals surface area contributed by atoms with Gasteiger partial charge in [-0.05, 0) is 19.8 Å². The van der Waals surface area contributed by atoms with Gasteiger partial charge >= 0.3 is 0 Å². The second kappa shape index (κ2) is 6.39. The Kier molecular flexibility index (Phi) is 4.34. The SMILES string of the molecule is CCNc1cncc(C(=O)N2CCOC3CCCCC32)n1. The van der Waals surface area contributed by atoms with Crippen LogP contribution in [0, 0.1) is 0 Å². The molecule has 2 heterocycles. The largest absolute Gasteiger partial charge is 0.374 e. The van der Waals surface area contributed by atoms with Gasteiger partial charge in [-0.25, -0.2) is 4.98 Å². The molecule has 3 rings (SSSR count). The summed E-state index contributed by atoms with van der Waals surface area (Å²) < 4.78 is 5.82. The third-order valence-corrected chi connectivity index (χ3v) is 4.20. The van der Waals surface area contributed by atoms with Gasteiger partial charge in [0.1, 0.15) is 11.5 Å². The van der Waals surface area contributed by atoms with Crippen molar-refractivity contribution in [1.82, 2.24) is 14.9 Å². The van der Waals surface area contributed by atoms with Crippen molar-refractivity contribution in [3.8, 4) is 0 Å². The number of nitrogens with one attached hydrogen (secondary N) is 1. The van der Waals surface area contributed by atoms with Crippen LogP contribution in [0.1, 0.15) is 43.1 Å². The Morgan fingerprint density at radius 3 is 3.14 bits per heavy atom. The number of nitrogens with zero attached hydrogens (tertiary/aromatic N) is 3. The minimum absolute atomic E-state index is 0.0255. The van der Waals surface area contributed by atoms with Crippen LogP contribution in [0.3, 0.4) is 0 Å². The zero-order chi connectivity index (χ0) is 14.7. The van der Waals surface area contributed by atoms with E-state index in [1.165, 1.54) is 6.42 Å². The Morgan fingerprint density at radius 2 is 2.29 bits per heavy atom. The van der Waals surface area contributed by atoms with E-state index in [1.54, 1.807) is 12.4 Å². The van der Waals surface area contributed by atoms with E-state index in [1.807, 2.05) is 11.8 Å². The number of aromatic nitrogens is 2. The van der Waals surface area contributed by atoms with Gasteiger partial charge in [-0.15, -0.1) is 0 Å². The maximum atomic E-state index is 12.8. The van der Waals surface area contributed by atoms with E-state index in [9.17, 15) is 4.79 Å². The monoisotopic (exact) mass is 290 g/mol. The van der Waals surface area contributed by atoms with Gasteiger partial charge in [0, 0.05) is 13.1 Å². The number of ether oxygens (including phenoxy) is 1. The van der Waals surface area contributed by atoms with Crippen LogP contribution in [-0.2, 0) is 4.74 Å². The van der Waals surface area contributed by atoms with E-state index in [4.69, 9.17) is 4.74 Å². The van der Waals surface area contributed by atoms with Crippen molar-refractivity contribution in [2.24, 2.45) is 0 Å². The highest BCUT2D eigenvalue weighted by atomic mass is 16.5. The fraction of sp³-hybridized carbons (Fsp3) is 0.667. The number of amides is 1. The van der Waals surface area contributed by atoms with Crippen molar-refractivity contribution in [1.29, 1.82) is 0 Å². The quantitative estimate of drug-likeness (QED) is 0.917. The van der Waals surface area contributed by atoms with Crippen LogP contribution in [-0.4, -0.2) is 52.6 Å². The molecule has 1 saturated carbocycles. The first-order valence-corrected chi connectivity index (χ1v) is 7.78. The maximum Gasteiger partial charge on any atom is 0.274 e. The minimum Gasteiger partial charge on any atom is -0.374 e. The van der Waals surface area contributed by atoms with Gasteiger partial charge in [-0.1, -0.05) is 12.8 Å². The lowest BCUT2D eigenvalue weighted by Gasteiger charge is -2.43. The summed E-state index contributed by atoms with van der Waals surface area (Å²) in [6.07, 6.45) is 7.82. The zero-order valence-electron chi connectivity index (χ0n) is 12.4. The third kappa shape index (κ3) is 3.00. The Hall–Kier alpha value is -1.69. The highest BCUT2D eigenvalue weighted by Gasteiger charge is 2.37. The van der Waals surface area contributed by atoms with Crippen LogP contribution in [0.5, 0.6) is 0 Å². The molecule has 21 heavy (non-hydrogen) atoms. The van der Waals surface area contributed by atoms with Gasteiger partial charge < -0.3 is 15.0 Å². The van der Waals surface area contributed by atoms with Crippen LogP contribution < -0.4 is 5.32 Å². The molecule has 1 aromatic rings. The number of carbonyl (C=O) groups is 1. The number of anilines is 1. The third-order valence-electron chi connectivity index (χ3n) is 4.20. The average molecular weight is 290 g/mol. The minimum atomic E-state index is -0.0255. The summed E-state index contributed by atoms with van der Waals surface area (Å²) in [5, 5.41) is 3.09. The molecule has 0 radical (unpaired) electrons. The summed E-state index contributed by atoms with van der Waals surface area (Å²) in [4.78, 5) is 23.2. The molecule has 0 spiro atoms. The Balaban J connectivity index is 1.78. The number of hydrogen-bond donors (Lipinski definition) is 1. The normalized spacial score (nSPS) is 25.3. The van der Waals surface area contributed by atoms with Gasteiger partial charge in [0.2, 0.25) is 0 Å². The molecule has 114 valence electrons. The molecule has 2 unspecified atom stereocenters. The first kappa shape index (κ1) is 14.3. The molecule has 1 amide bonds. The Morgan fingerprint density at radius 1 is 1.43 bits per heavy atom. The molecule has 0 bridgehead atoms. The first-order chi connectivity index (χ1) is 10.3. The second-order valence-electron chi connectivity index (χ2n) is 5.58. The van der Waals surface area contributed by atoms with Crippen LogP contribution >= 0.6 is 0 Å². The van der Waals surface area contributed by atoms with Gasteiger partial charge in [-0.2, -0.15) is 0 Å². The lowest BCUT2D eigenvalue weighted by atomic mass is 9.90. The number of hydrogen-bond acceptors (Lipinski definition) is 5. The molecular weight excluding hydrogens is 268 g/mol. The van der Waals surface area contributed by atoms with E-state index >= 15 is 0 Å². The Labute approximate surface area is 124 Å². The lowest BCUT2D eigenvalue weighted by molar-refractivity contribution is -0.0754. The molecule has 1 N–H and O–H groups in total. The Bertz CT molecular complexity index is 506. The number of rotatable bonds is 3. The van der Waals surface area contributed by atoms with E-state index in [0.717, 1.165) is 25.8 Å². The maximum absolute atomic E-state index is 12.8. The predicted molar refractivity (Wildman–Crippen MR) is 79.2 cm³/mol. The van der Waals surface area contributed by atoms with E-state index < -0.39 is 0 Å². The van der Waals surface area contributed by atoms with Crippen molar-refractivity contribution in [2.45, 2.75) is 44.8 Å². The van der Waals surface area contributed by atoms with Crippen LogP contribution in [0.15, 0.2) is 12.4 Å². The van der Waals surface area contributed by atoms with Gasteiger partial charge in [-0.3, -0.25) is 9.78 Å². The predicted octanol–water partition coefficient (Wildman–Crippen LogP) is 1.69. The topological polar surface area (TPSA) is 67.4 Å². The van der Waals surface area contributed by atoms with Crippen molar-refractivity contribution in [3.05, 3.63) is 18.1 Å². The number of fused-ring (bicyclic) bond motifs is 1. The highest BCUT2D eigenvalue weighted by molar-refractivity contribution is 5.92. The fourth-order valence-electron chi connectivity index (χ4n) is 3.23. The van der Waals surface area contributed by atoms with Gasteiger partial charge in [0.25, 0.3) is 5.91 Å². The molecule has 1 aromatic heterocycles. The van der Waals surface area contributed by atoms with Gasteiger partial charge in [0.15, 0.2) is 0 Å². The lowest BCUT2D eigenvalue weighted by Crippen LogP contribution is -2.55. The molecule has 2 atom stereocenters. The van der Waals surface area contributed by atoms with E-state index in [-0.39, 0.29) is 18.1 Å². The number of carbonyl (C=O) groups excluding carboxylic acids is 1. The van der Waals surface area contributed by atoms with E-state index in [0.29, 0.717) is 24.7 Å². The van der Waals surface area contributed by atoms with Crippen molar-refractivity contribution >= 4 is 11.7 Å². The second-order valence-corrected chi connectivity index (χ2v) is 5.58. The molecule has 1 aliphatic carbocycles. The molecule has 1 aliphatic heterocycles. The van der Waals surface area contributed by atoms with E-state index in [2.05, 4.69) is 15.3 Å². The number of morpholine rings is 1. The van der Waals surface area contributed by atoms with Crippen molar-refractivity contribution in [2.75, 3.05) is 25.0 Å². The van der Waals surface area contributed by atoms with Crippen molar-refractivity contribution in [3.63, 3.8) is 0 Å². The molecule has 2 aliphatic rings. The smallest absolute Gasteiger partial charge is 0.274 e. The zero-order valence-corrected chi connectivity index (χ0v) is 12.4. The molecule has 0 aromatic carbocycles. The van der Waals surface area contributed by atoms with Gasteiger partial charge in [0.05, 0.1) is 31.1 Å². The molecule has 1 saturated heterocycles. The van der Waals surface area contributed by atoms with Crippen LogP contribution in [0.2, 0.25) is 0 Å². The molecule has 6 heteroatoms. The summed E-state index contributed by atoms with van der Waals surface area (Å²) >= 11 is 0. The molecule has 2 fully saturated rings. The standard InChI is InChI=1S/C15H22N4O2/c1-2-17-14-10-16-9-11(18-14)15(20)19-7-8-21-13-6-4-3-5-12(13)19/h9-10,12-13H,2-8H2,1H3,(H,17,18). The summed E-state index contributed by atoms with van der Waals surface area (Å²) in [7, 11) is 0. The summed E-state index contributed by atoms with van der Waals surface area (Å²) in [6, 6.07) is 0.199. The summed E-state index contributed by atoms with van der Waals surface area (Å²) in [5.74, 6) is 0.624. The van der Waals surface area contributed by atoms with Crippen LogP contribution in [0.25, 0.3) is 0 Å².